The number of carboxylic acid groups (broad SMARTS) is 1. The van der Waals surface area contributed by atoms with Crippen molar-refractivity contribution in [3.05, 3.63) is 76.5 Å². The van der Waals surface area contributed by atoms with E-state index in [1.807, 2.05) is 12.1 Å². The van der Waals surface area contributed by atoms with Crippen LogP contribution in [0, 0.1) is 51.2 Å². The number of nitrogens with one attached hydrogen (secondary N) is 1. The molecule has 3 aromatic rings. The third kappa shape index (κ3) is 4.78. The first kappa shape index (κ1) is 33.4. The van der Waals surface area contributed by atoms with Crippen molar-refractivity contribution >= 4 is 39.3 Å². The molecule has 0 amide bonds. The summed E-state index contributed by atoms with van der Waals surface area (Å²) >= 11 is 3.55. The van der Waals surface area contributed by atoms with Gasteiger partial charge in [-0.1, -0.05) is 71.0 Å². The number of nitrogens with zero attached hydrogens (tertiary/aromatic N) is 1. The van der Waals surface area contributed by atoms with Gasteiger partial charge in [0.1, 0.15) is 0 Å². The maximum Gasteiger partial charge on any atom is 0.335 e. The van der Waals surface area contributed by atoms with Crippen LogP contribution in [-0.2, 0) is 0 Å². The predicted molar refractivity (Wildman–Crippen MR) is 205 cm³/mol. The molecule has 0 bridgehead atoms. The standard InChI is InChI=1S/C43H54N2O2S2/c1-26(2)29-16-21-43(45-38-44-32(25-49-38)33-9-8-24-48-33)23-22-41(6)31(36(29)43)14-15-35-40(5)19-17-30(27-10-12-28(13-11-27)37(46)47)39(3,4)34(40)18-20-42(35,41)7/h8-13,17,24-25,29,31,34-36H,1,14-16,18-23H2,2-7H3,(H,44,45)(H,46,47)/t29-,31+,34?,35?,36?,40-,41+,42+,43-/m0/s1. The number of anilines is 1. The Labute approximate surface area is 301 Å². The third-order valence-electron chi connectivity index (χ3n) is 15.7. The number of hydrogen-bond donors (Lipinski definition) is 2. The number of rotatable bonds is 6. The van der Waals surface area contributed by atoms with Crippen LogP contribution in [0.4, 0.5) is 5.13 Å². The first-order valence-electron chi connectivity index (χ1n) is 18.7. The van der Waals surface area contributed by atoms with Gasteiger partial charge in [0.2, 0.25) is 0 Å². The maximum absolute atomic E-state index is 11.6. The molecule has 0 spiro atoms. The first-order valence-corrected chi connectivity index (χ1v) is 20.5. The van der Waals surface area contributed by atoms with E-state index in [1.54, 1.807) is 34.8 Å². The fourth-order valence-corrected chi connectivity index (χ4v) is 14.9. The number of carboxylic acids is 1. The lowest BCUT2D eigenvalue weighted by Gasteiger charge is -2.72. The Morgan fingerprint density at radius 3 is 2.39 bits per heavy atom. The van der Waals surface area contributed by atoms with Gasteiger partial charge in [-0.3, -0.25) is 0 Å². The SMILES string of the molecule is C=C(C)[C@@H]1CC[C@]2(Nc3nc(-c4cccs4)cs3)CC[C@]3(C)[C@H](CCC4[C@@]5(C)CC=C(c6ccc(C(=O)O)cc6)C(C)(C)C5CC[C@]43C)C12. The van der Waals surface area contributed by atoms with Gasteiger partial charge in [0.05, 0.1) is 16.1 Å². The molecule has 6 heteroatoms. The number of thiophene rings is 1. The average Bonchev–Trinajstić information content (AvgIpc) is 3.82. The summed E-state index contributed by atoms with van der Waals surface area (Å²) in [5.41, 5.74) is 6.35. The summed E-state index contributed by atoms with van der Waals surface area (Å²) in [7, 11) is 0. The summed E-state index contributed by atoms with van der Waals surface area (Å²) < 4.78 is 0. The van der Waals surface area contributed by atoms with E-state index in [-0.39, 0.29) is 27.2 Å². The molecule has 4 saturated carbocycles. The smallest absolute Gasteiger partial charge is 0.335 e. The van der Waals surface area contributed by atoms with Crippen LogP contribution in [0.1, 0.15) is 115 Å². The van der Waals surface area contributed by atoms with E-state index in [0.29, 0.717) is 35.2 Å². The normalized spacial score (nSPS) is 39.1. The zero-order valence-corrected chi connectivity index (χ0v) is 31.9. The molecule has 4 fully saturated rings. The number of thiazole rings is 1. The van der Waals surface area contributed by atoms with E-state index in [4.69, 9.17) is 4.98 Å². The van der Waals surface area contributed by atoms with Crippen LogP contribution in [-0.4, -0.2) is 21.6 Å². The van der Waals surface area contributed by atoms with Crippen molar-refractivity contribution in [1.82, 2.24) is 4.98 Å². The Balaban J connectivity index is 1.11. The highest BCUT2D eigenvalue weighted by Gasteiger charge is 2.70. The lowest BCUT2D eigenvalue weighted by molar-refractivity contribution is -0.216. The number of aromatic nitrogens is 1. The fraction of sp³-hybridized carbons (Fsp3) is 0.581. The molecule has 49 heavy (non-hydrogen) atoms. The van der Waals surface area contributed by atoms with Gasteiger partial charge in [0.15, 0.2) is 5.13 Å². The van der Waals surface area contributed by atoms with Crippen LogP contribution in [0.5, 0.6) is 0 Å². The Hall–Kier alpha value is -2.70. The minimum absolute atomic E-state index is 0.0225. The van der Waals surface area contributed by atoms with Gasteiger partial charge >= 0.3 is 5.97 Å². The van der Waals surface area contributed by atoms with E-state index in [2.05, 4.69) is 82.4 Å². The molecular weight excluding hydrogens is 641 g/mol. The molecule has 5 aliphatic rings. The number of hydrogen-bond acceptors (Lipinski definition) is 5. The molecule has 260 valence electrons. The van der Waals surface area contributed by atoms with Crippen LogP contribution >= 0.6 is 22.7 Å². The Kier molecular flexibility index (Phi) is 7.78. The summed E-state index contributed by atoms with van der Waals surface area (Å²) in [5, 5.41) is 19.2. The number of fused-ring (bicyclic) bond motifs is 7. The Bertz CT molecular complexity index is 1800. The summed E-state index contributed by atoms with van der Waals surface area (Å²) in [6.45, 7) is 20.0. The highest BCUT2D eigenvalue weighted by Crippen LogP contribution is 2.77. The quantitative estimate of drug-likeness (QED) is 0.252. The van der Waals surface area contributed by atoms with Gasteiger partial charge in [-0.25, -0.2) is 9.78 Å². The molecule has 2 aromatic heterocycles. The molecule has 3 unspecified atom stereocenters. The Morgan fingerprint density at radius 1 is 0.918 bits per heavy atom. The average molecular weight is 695 g/mol. The topological polar surface area (TPSA) is 62.2 Å². The lowest BCUT2D eigenvalue weighted by atomic mass is 9.33. The van der Waals surface area contributed by atoms with Crippen LogP contribution in [0.15, 0.2) is 65.4 Å². The molecule has 2 N–H and O–H groups in total. The monoisotopic (exact) mass is 694 g/mol. The maximum atomic E-state index is 11.6. The summed E-state index contributed by atoms with van der Waals surface area (Å²) in [4.78, 5) is 18.0. The van der Waals surface area contributed by atoms with E-state index < -0.39 is 5.97 Å². The van der Waals surface area contributed by atoms with Crippen molar-refractivity contribution in [1.29, 1.82) is 0 Å². The zero-order chi connectivity index (χ0) is 34.6. The second-order valence-corrected chi connectivity index (χ2v) is 19.7. The van der Waals surface area contributed by atoms with Crippen LogP contribution in [0.25, 0.3) is 16.1 Å². The summed E-state index contributed by atoms with van der Waals surface area (Å²) in [6, 6.07) is 11.9. The Morgan fingerprint density at radius 2 is 1.69 bits per heavy atom. The largest absolute Gasteiger partial charge is 0.478 e. The van der Waals surface area contributed by atoms with E-state index in [9.17, 15) is 9.90 Å². The number of aromatic carboxylic acids is 1. The lowest BCUT2D eigenvalue weighted by Crippen LogP contribution is -2.67. The molecule has 9 atom stereocenters. The van der Waals surface area contributed by atoms with Crippen LogP contribution in [0.2, 0.25) is 0 Å². The third-order valence-corrected chi connectivity index (χ3v) is 17.4. The first-order chi connectivity index (χ1) is 23.2. The van der Waals surface area contributed by atoms with Crippen LogP contribution in [0.3, 0.4) is 0 Å². The van der Waals surface area contributed by atoms with Gasteiger partial charge in [-0.2, -0.15) is 0 Å². The van der Waals surface area contributed by atoms with Crippen molar-refractivity contribution in [2.45, 2.75) is 105 Å². The molecule has 0 aliphatic heterocycles. The highest BCUT2D eigenvalue weighted by atomic mass is 32.1. The van der Waals surface area contributed by atoms with Crippen molar-refractivity contribution in [2.75, 3.05) is 5.32 Å². The van der Waals surface area contributed by atoms with E-state index in [0.717, 1.165) is 17.2 Å². The predicted octanol–water partition coefficient (Wildman–Crippen LogP) is 12.1. The number of allylic oxidation sites excluding steroid dienone is 3. The molecule has 1 aromatic carbocycles. The van der Waals surface area contributed by atoms with Gasteiger partial charge in [-0.15, -0.1) is 22.7 Å². The fourth-order valence-electron chi connectivity index (χ4n) is 13.3. The molecular formula is C43H54N2O2S2. The zero-order valence-electron chi connectivity index (χ0n) is 30.3. The van der Waals surface area contributed by atoms with Gasteiger partial charge in [0.25, 0.3) is 0 Å². The van der Waals surface area contributed by atoms with E-state index >= 15 is 0 Å². The molecule has 0 saturated heterocycles. The number of benzene rings is 1. The van der Waals surface area contributed by atoms with Gasteiger partial charge < -0.3 is 10.4 Å². The van der Waals surface area contributed by atoms with Crippen molar-refractivity contribution in [3.8, 4) is 10.6 Å². The molecule has 0 radical (unpaired) electrons. The second kappa shape index (κ2) is 11.4. The van der Waals surface area contributed by atoms with Gasteiger partial charge in [-0.05, 0) is 151 Å². The second-order valence-electron chi connectivity index (χ2n) is 17.9. The number of carbonyl (C=O) groups is 1. The van der Waals surface area contributed by atoms with Crippen molar-refractivity contribution in [3.63, 3.8) is 0 Å². The molecule has 8 rings (SSSR count). The minimum Gasteiger partial charge on any atom is -0.478 e. The van der Waals surface area contributed by atoms with Crippen molar-refractivity contribution < 1.29 is 9.90 Å². The highest BCUT2D eigenvalue weighted by molar-refractivity contribution is 7.16. The van der Waals surface area contributed by atoms with E-state index in [1.165, 1.54) is 73.0 Å². The summed E-state index contributed by atoms with van der Waals surface area (Å²) in [6.07, 6.45) is 13.8. The van der Waals surface area contributed by atoms with Crippen LogP contribution < -0.4 is 5.32 Å². The van der Waals surface area contributed by atoms with Gasteiger partial charge in [0, 0.05) is 10.9 Å². The minimum atomic E-state index is -0.860. The molecule has 5 aliphatic carbocycles. The molecule has 2 heterocycles. The molecule has 4 nitrogen and oxygen atoms in total. The van der Waals surface area contributed by atoms with Crippen molar-refractivity contribution in [2.24, 2.45) is 51.2 Å². The summed E-state index contributed by atoms with van der Waals surface area (Å²) in [5.74, 6) is 2.24.